The molecule has 1 aromatic rings. The standard InChI is InChI=1S/C14H20N2O3/c1-9-5-10(2)7-12(6-9)19-11-3-4-14(16(17)18)13(15)8-11/h3-4,8-10,12H,5-7,15H2,1-2H3. The Morgan fingerprint density at radius 2 is 1.89 bits per heavy atom. The van der Waals surface area contributed by atoms with Crippen molar-refractivity contribution in [3.05, 3.63) is 28.3 Å². The third kappa shape index (κ3) is 3.36. The first-order valence-electron chi connectivity index (χ1n) is 6.66. The van der Waals surface area contributed by atoms with Crippen molar-refractivity contribution in [1.29, 1.82) is 0 Å². The summed E-state index contributed by atoms with van der Waals surface area (Å²) >= 11 is 0. The second-order valence-electron chi connectivity index (χ2n) is 5.64. The zero-order valence-corrected chi connectivity index (χ0v) is 11.3. The zero-order chi connectivity index (χ0) is 14.0. The van der Waals surface area contributed by atoms with Crippen LogP contribution in [0.3, 0.4) is 0 Å². The highest BCUT2D eigenvalue weighted by molar-refractivity contribution is 5.60. The maximum Gasteiger partial charge on any atom is 0.292 e. The van der Waals surface area contributed by atoms with E-state index in [4.69, 9.17) is 10.5 Å². The van der Waals surface area contributed by atoms with Crippen LogP contribution >= 0.6 is 0 Å². The number of nitro groups is 1. The smallest absolute Gasteiger partial charge is 0.292 e. The van der Waals surface area contributed by atoms with Crippen LogP contribution in [0.1, 0.15) is 33.1 Å². The number of nitro benzene ring substituents is 1. The summed E-state index contributed by atoms with van der Waals surface area (Å²) in [5.41, 5.74) is 5.74. The number of nitrogens with two attached hydrogens (primary N) is 1. The Morgan fingerprint density at radius 3 is 2.42 bits per heavy atom. The van der Waals surface area contributed by atoms with Crippen LogP contribution in [0.5, 0.6) is 5.75 Å². The summed E-state index contributed by atoms with van der Waals surface area (Å²) in [5, 5.41) is 10.7. The van der Waals surface area contributed by atoms with Gasteiger partial charge in [0, 0.05) is 12.1 Å². The molecule has 1 saturated carbocycles. The Kier molecular flexibility index (Phi) is 3.93. The molecule has 0 saturated heterocycles. The maximum absolute atomic E-state index is 10.7. The molecule has 0 amide bonds. The van der Waals surface area contributed by atoms with Crippen LogP contribution in [0, 0.1) is 22.0 Å². The number of nitrogen functional groups attached to an aromatic ring is 1. The van der Waals surface area contributed by atoms with Crippen molar-refractivity contribution in [3.8, 4) is 5.75 Å². The predicted molar refractivity (Wildman–Crippen MR) is 74.1 cm³/mol. The van der Waals surface area contributed by atoms with E-state index in [0.717, 1.165) is 12.8 Å². The van der Waals surface area contributed by atoms with Crippen molar-refractivity contribution >= 4 is 11.4 Å². The molecule has 0 heterocycles. The van der Waals surface area contributed by atoms with Crippen molar-refractivity contribution in [2.75, 3.05) is 5.73 Å². The lowest BCUT2D eigenvalue weighted by atomic mass is 9.82. The van der Waals surface area contributed by atoms with Gasteiger partial charge in [-0.2, -0.15) is 0 Å². The lowest BCUT2D eigenvalue weighted by Gasteiger charge is -2.31. The van der Waals surface area contributed by atoms with E-state index in [-0.39, 0.29) is 17.5 Å². The molecule has 2 rings (SSSR count). The summed E-state index contributed by atoms with van der Waals surface area (Å²) in [6.07, 6.45) is 3.48. The van der Waals surface area contributed by atoms with Crippen LogP contribution in [0.25, 0.3) is 0 Å². The Labute approximate surface area is 112 Å². The second-order valence-corrected chi connectivity index (χ2v) is 5.64. The molecule has 0 aromatic heterocycles. The summed E-state index contributed by atoms with van der Waals surface area (Å²) in [5.74, 6) is 1.93. The molecule has 104 valence electrons. The Bertz CT molecular complexity index is 466. The van der Waals surface area contributed by atoms with E-state index in [9.17, 15) is 10.1 Å². The van der Waals surface area contributed by atoms with E-state index in [1.54, 1.807) is 12.1 Å². The Hall–Kier alpha value is -1.78. The molecule has 2 atom stereocenters. The van der Waals surface area contributed by atoms with E-state index < -0.39 is 4.92 Å². The molecule has 2 N–H and O–H groups in total. The summed E-state index contributed by atoms with van der Waals surface area (Å²) in [6.45, 7) is 4.46. The third-order valence-corrected chi connectivity index (χ3v) is 3.63. The molecule has 2 unspecified atom stereocenters. The quantitative estimate of drug-likeness (QED) is 0.515. The fourth-order valence-electron chi connectivity index (χ4n) is 2.93. The van der Waals surface area contributed by atoms with Crippen molar-refractivity contribution in [2.24, 2.45) is 11.8 Å². The van der Waals surface area contributed by atoms with Gasteiger partial charge in [-0.1, -0.05) is 13.8 Å². The first kappa shape index (κ1) is 13.6. The minimum atomic E-state index is -0.482. The minimum absolute atomic E-state index is 0.0715. The van der Waals surface area contributed by atoms with Gasteiger partial charge >= 0.3 is 0 Å². The van der Waals surface area contributed by atoms with Crippen molar-refractivity contribution in [3.63, 3.8) is 0 Å². The number of nitrogens with zero attached hydrogens (tertiary/aromatic N) is 1. The van der Waals surface area contributed by atoms with Gasteiger partial charge < -0.3 is 10.5 Å². The Morgan fingerprint density at radius 1 is 1.26 bits per heavy atom. The van der Waals surface area contributed by atoms with Crippen LogP contribution in [-0.2, 0) is 0 Å². The van der Waals surface area contributed by atoms with Crippen LogP contribution in [0.15, 0.2) is 18.2 Å². The fourth-order valence-corrected chi connectivity index (χ4v) is 2.93. The molecule has 1 aromatic carbocycles. The lowest BCUT2D eigenvalue weighted by Crippen LogP contribution is -2.28. The average molecular weight is 264 g/mol. The van der Waals surface area contributed by atoms with Gasteiger partial charge in [0.15, 0.2) is 0 Å². The molecule has 19 heavy (non-hydrogen) atoms. The topological polar surface area (TPSA) is 78.4 Å². The van der Waals surface area contributed by atoms with Gasteiger partial charge in [-0.05, 0) is 37.2 Å². The van der Waals surface area contributed by atoms with Gasteiger partial charge in [-0.25, -0.2) is 0 Å². The number of benzene rings is 1. The number of ether oxygens (including phenoxy) is 1. The summed E-state index contributed by atoms with van der Waals surface area (Å²) in [7, 11) is 0. The van der Waals surface area contributed by atoms with Crippen molar-refractivity contribution < 1.29 is 9.66 Å². The number of hydrogen-bond donors (Lipinski definition) is 1. The molecule has 0 bridgehead atoms. The molecule has 0 spiro atoms. The van der Waals surface area contributed by atoms with E-state index in [1.165, 1.54) is 12.5 Å². The van der Waals surface area contributed by atoms with Gasteiger partial charge in [0.1, 0.15) is 11.4 Å². The van der Waals surface area contributed by atoms with Gasteiger partial charge in [-0.3, -0.25) is 10.1 Å². The van der Waals surface area contributed by atoms with Crippen LogP contribution in [0.4, 0.5) is 11.4 Å². The third-order valence-electron chi connectivity index (χ3n) is 3.63. The summed E-state index contributed by atoms with van der Waals surface area (Å²) in [4.78, 5) is 10.2. The second kappa shape index (κ2) is 5.47. The maximum atomic E-state index is 10.7. The highest BCUT2D eigenvalue weighted by atomic mass is 16.6. The van der Waals surface area contributed by atoms with Crippen molar-refractivity contribution in [2.45, 2.75) is 39.2 Å². The van der Waals surface area contributed by atoms with Crippen LogP contribution in [-0.4, -0.2) is 11.0 Å². The molecule has 0 aliphatic heterocycles. The normalized spacial score (nSPS) is 26.9. The highest BCUT2D eigenvalue weighted by Crippen LogP contribution is 2.33. The molecular weight excluding hydrogens is 244 g/mol. The van der Waals surface area contributed by atoms with E-state index >= 15 is 0 Å². The molecule has 5 heteroatoms. The molecule has 1 fully saturated rings. The predicted octanol–water partition coefficient (Wildman–Crippen LogP) is 3.38. The minimum Gasteiger partial charge on any atom is -0.490 e. The number of hydrogen-bond acceptors (Lipinski definition) is 4. The number of rotatable bonds is 3. The van der Waals surface area contributed by atoms with Crippen LogP contribution < -0.4 is 10.5 Å². The first-order chi connectivity index (χ1) is 8.95. The molecular formula is C14H20N2O3. The largest absolute Gasteiger partial charge is 0.490 e. The Balaban J connectivity index is 2.07. The SMILES string of the molecule is CC1CC(C)CC(Oc2ccc([N+](=O)[O-])c(N)c2)C1. The van der Waals surface area contributed by atoms with Gasteiger partial charge in [0.25, 0.3) is 5.69 Å². The van der Waals surface area contributed by atoms with Gasteiger partial charge in [0.05, 0.1) is 11.0 Å². The highest BCUT2D eigenvalue weighted by Gasteiger charge is 2.25. The summed E-state index contributed by atoms with van der Waals surface area (Å²) < 4.78 is 5.91. The van der Waals surface area contributed by atoms with E-state index in [2.05, 4.69) is 13.8 Å². The molecule has 0 radical (unpaired) electrons. The van der Waals surface area contributed by atoms with Gasteiger partial charge in [0.2, 0.25) is 0 Å². The molecule has 1 aliphatic rings. The monoisotopic (exact) mass is 264 g/mol. The average Bonchev–Trinajstić information content (AvgIpc) is 2.26. The van der Waals surface area contributed by atoms with Crippen molar-refractivity contribution in [1.82, 2.24) is 0 Å². The molecule has 5 nitrogen and oxygen atoms in total. The van der Waals surface area contributed by atoms with Crippen LogP contribution in [0.2, 0.25) is 0 Å². The molecule has 1 aliphatic carbocycles. The number of anilines is 1. The fraction of sp³-hybridized carbons (Fsp3) is 0.571. The lowest BCUT2D eigenvalue weighted by molar-refractivity contribution is -0.383. The van der Waals surface area contributed by atoms with E-state index in [1.807, 2.05) is 0 Å². The zero-order valence-electron chi connectivity index (χ0n) is 11.3. The first-order valence-corrected chi connectivity index (χ1v) is 6.66. The van der Waals surface area contributed by atoms with E-state index in [0.29, 0.717) is 17.6 Å². The van der Waals surface area contributed by atoms with Gasteiger partial charge in [-0.15, -0.1) is 0 Å². The summed E-state index contributed by atoms with van der Waals surface area (Å²) in [6, 6.07) is 4.57.